The van der Waals surface area contributed by atoms with Crippen LogP contribution in [0.3, 0.4) is 0 Å². The largest absolute Gasteiger partial charge is 0.416 e. The van der Waals surface area contributed by atoms with Gasteiger partial charge in [0.25, 0.3) is 0 Å². The van der Waals surface area contributed by atoms with E-state index in [2.05, 4.69) is 15.0 Å². The lowest BCUT2D eigenvalue weighted by Crippen LogP contribution is -2.07. The van der Waals surface area contributed by atoms with Crippen molar-refractivity contribution >= 4 is 22.3 Å². The average molecular weight is 404 g/mol. The predicted octanol–water partition coefficient (Wildman–Crippen LogP) is 5.96. The van der Waals surface area contributed by atoms with E-state index >= 15 is 0 Å². The third-order valence-electron chi connectivity index (χ3n) is 4.91. The van der Waals surface area contributed by atoms with Crippen molar-refractivity contribution in [1.82, 2.24) is 19.5 Å². The van der Waals surface area contributed by atoms with Gasteiger partial charge in [-0.3, -0.25) is 4.57 Å². The van der Waals surface area contributed by atoms with Crippen molar-refractivity contribution < 1.29 is 13.2 Å². The Kier molecular flexibility index (Phi) is 4.06. The zero-order chi connectivity index (χ0) is 20.9. The number of hydrogen-bond donors (Lipinski definition) is 0. The van der Waals surface area contributed by atoms with Gasteiger partial charge in [0, 0.05) is 11.3 Å². The number of para-hydroxylation sites is 2. The van der Waals surface area contributed by atoms with Crippen LogP contribution in [0.2, 0.25) is 0 Å². The summed E-state index contributed by atoms with van der Waals surface area (Å²) in [6.07, 6.45) is -4.45. The molecule has 0 saturated heterocycles. The van der Waals surface area contributed by atoms with Gasteiger partial charge < -0.3 is 0 Å². The lowest BCUT2D eigenvalue weighted by Gasteiger charge is -2.12. The van der Waals surface area contributed by atoms with E-state index in [1.807, 2.05) is 55.5 Å². The van der Waals surface area contributed by atoms with E-state index < -0.39 is 11.7 Å². The number of benzene rings is 3. The Balaban J connectivity index is 1.85. The Hall–Kier alpha value is -3.74. The molecule has 0 atom stereocenters. The van der Waals surface area contributed by atoms with Crippen LogP contribution in [0, 0.1) is 6.92 Å². The molecule has 148 valence electrons. The molecule has 7 heteroatoms. The van der Waals surface area contributed by atoms with Crippen LogP contribution < -0.4 is 0 Å². The Morgan fingerprint density at radius 3 is 2.17 bits per heavy atom. The topological polar surface area (TPSA) is 43.6 Å². The quantitative estimate of drug-likeness (QED) is 0.364. The summed E-state index contributed by atoms with van der Waals surface area (Å²) in [4.78, 5) is 13.9. The molecule has 0 N–H and O–H groups in total. The number of aryl methyl sites for hydroxylation is 1. The molecule has 2 aromatic heterocycles. The first-order chi connectivity index (χ1) is 14.4. The van der Waals surface area contributed by atoms with Gasteiger partial charge in [-0.05, 0) is 37.3 Å². The second kappa shape index (κ2) is 6.66. The van der Waals surface area contributed by atoms with Gasteiger partial charge in [0.05, 0.1) is 16.6 Å². The monoisotopic (exact) mass is 404 g/mol. The molecule has 0 aliphatic carbocycles. The minimum absolute atomic E-state index is 0.326. The first kappa shape index (κ1) is 18.3. The molecule has 0 aliphatic rings. The summed E-state index contributed by atoms with van der Waals surface area (Å²) in [6.45, 7) is 1.97. The second-order valence-corrected chi connectivity index (χ2v) is 7.04. The highest BCUT2D eigenvalue weighted by Gasteiger charge is 2.31. The maximum absolute atomic E-state index is 13.3. The van der Waals surface area contributed by atoms with Crippen LogP contribution in [0.4, 0.5) is 13.2 Å². The lowest BCUT2D eigenvalue weighted by atomic mass is 10.1. The van der Waals surface area contributed by atoms with Crippen LogP contribution in [0.25, 0.3) is 39.4 Å². The zero-order valence-electron chi connectivity index (χ0n) is 15.9. The van der Waals surface area contributed by atoms with Gasteiger partial charge in [0.1, 0.15) is 5.82 Å². The fourth-order valence-corrected chi connectivity index (χ4v) is 3.42. The molecular weight excluding hydrogens is 389 g/mol. The molecule has 5 aromatic rings. The van der Waals surface area contributed by atoms with Crippen LogP contribution in [0.1, 0.15) is 11.1 Å². The van der Waals surface area contributed by atoms with Crippen molar-refractivity contribution in [3.05, 3.63) is 83.9 Å². The molecule has 0 aliphatic heterocycles. The number of hydrogen-bond acceptors (Lipinski definition) is 3. The lowest BCUT2D eigenvalue weighted by molar-refractivity contribution is -0.137. The standard InChI is InChI=1S/C23H15F3N4/c1-14-9-11-15(12-10-14)21-29-20-22(28-19-8-3-2-7-18(19)27-20)30(21)17-6-4-5-16(13-17)23(24,25)26/h2-13H,1H3. The predicted molar refractivity (Wildman–Crippen MR) is 109 cm³/mol. The Morgan fingerprint density at radius 2 is 1.47 bits per heavy atom. The molecule has 5 rings (SSSR count). The van der Waals surface area contributed by atoms with E-state index in [0.717, 1.165) is 23.3 Å². The van der Waals surface area contributed by atoms with Gasteiger partial charge in [0.2, 0.25) is 0 Å². The summed E-state index contributed by atoms with van der Waals surface area (Å²) >= 11 is 0. The van der Waals surface area contributed by atoms with E-state index in [-0.39, 0.29) is 0 Å². The van der Waals surface area contributed by atoms with Crippen molar-refractivity contribution in [2.75, 3.05) is 0 Å². The number of alkyl halides is 3. The maximum Gasteiger partial charge on any atom is 0.416 e. The third-order valence-corrected chi connectivity index (χ3v) is 4.91. The molecule has 0 unspecified atom stereocenters. The number of rotatable bonds is 2. The Bertz CT molecular complexity index is 1390. The molecule has 30 heavy (non-hydrogen) atoms. The van der Waals surface area contributed by atoms with Gasteiger partial charge >= 0.3 is 6.18 Å². The fraction of sp³-hybridized carbons (Fsp3) is 0.0870. The number of imidazole rings is 1. The van der Waals surface area contributed by atoms with Gasteiger partial charge in [-0.2, -0.15) is 13.2 Å². The zero-order valence-corrected chi connectivity index (χ0v) is 15.9. The average Bonchev–Trinajstić information content (AvgIpc) is 3.10. The van der Waals surface area contributed by atoms with Crippen molar-refractivity contribution in [3.63, 3.8) is 0 Å². The summed E-state index contributed by atoms with van der Waals surface area (Å²) < 4.78 is 41.7. The molecule has 4 nitrogen and oxygen atoms in total. The normalized spacial score (nSPS) is 12.0. The number of fused-ring (bicyclic) bond motifs is 2. The first-order valence-electron chi connectivity index (χ1n) is 9.30. The van der Waals surface area contributed by atoms with Crippen molar-refractivity contribution in [3.8, 4) is 17.1 Å². The van der Waals surface area contributed by atoms with Crippen LogP contribution in [-0.2, 0) is 6.18 Å². The number of nitrogens with zero attached hydrogens (tertiary/aromatic N) is 4. The maximum atomic E-state index is 13.3. The van der Waals surface area contributed by atoms with Gasteiger partial charge in [-0.25, -0.2) is 15.0 Å². The number of aromatic nitrogens is 4. The third kappa shape index (κ3) is 3.08. The van der Waals surface area contributed by atoms with Gasteiger partial charge in [0.15, 0.2) is 11.3 Å². The molecule has 3 aromatic carbocycles. The highest BCUT2D eigenvalue weighted by atomic mass is 19.4. The minimum Gasteiger partial charge on any atom is -0.275 e. The van der Waals surface area contributed by atoms with Crippen molar-refractivity contribution in [1.29, 1.82) is 0 Å². The summed E-state index contributed by atoms with van der Waals surface area (Å²) in [6, 6.07) is 20.1. The molecule has 0 saturated carbocycles. The van der Waals surface area contributed by atoms with Gasteiger partial charge in [-0.15, -0.1) is 0 Å². The van der Waals surface area contributed by atoms with Crippen LogP contribution in [-0.4, -0.2) is 19.5 Å². The van der Waals surface area contributed by atoms with E-state index in [9.17, 15) is 13.2 Å². The van der Waals surface area contributed by atoms with Gasteiger partial charge in [-0.1, -0.05) is 48.0 Å². The van der Waals surface area contributed by atoms with E-state index in [0.29, 0.717) is 33.8 Å². The Morgan fingerprint density at radius 1 is 0.767 bits per heavy atom. The second-order valence-electron chi connectivity index (χ2n) is 7.04. The molecule has 0 bridgehead atoms. The molecule has 0 radical (unpaired) electrons. The molecule has 0 amide bonds. The first-order valence-corrected chi connectivity index (χ1v) is 9.30. The molecular formula is C23H15F3N4. The van der Waals surface area contributed by atoms with Crippen molar-refractivity contribution in [2.45, 2.75) is 13.1 Å². The molecule has 0 spiro atoms. The summed E-state index contributed by atoms with van der Waals surface area (Å²) in [5.74, 6) is 0.486. The number of halogens is 3. The highest BCUT2D eigenvalue weighted by Crippen LogP contribution is 2.33. The van der Waals surface area contributed by atoms with E-state index in [1.165, 1.54) is 6.07 Å². The summed E-state index contributed by atoms with van der Waals surface area (Å²) in [7, 11) is 0. The summed E-state index contributed by atoms with van der Waals surface area (Å²) in [5.41, 5.74) is 3.54. The SMILES string of the molecule is Cc1ccc(-c2nc3nc4ccccc4nc3n2-c2cccc(C(F)(F)F)c2)cc1. The van der Waals surface area contributed by atoms with Crippen LogP contribution >= 0.6 is 0 Å². The fourth-order valence-electron chi connectivity index (χ4n) is 3.42. The van der Waals surface area contributed by atoms with E-state index in [1.54, 1.807) is 10.6 Å². The Labute approximate surface area is 169 Å². The summed E-state index contributed by atoms with van der Waals surface area (Å²) in [5, 5.41) is 0. The van der Waals surface area contributed by atoms with Crippen LogP contribution in [0.5, 0.6) is 0 Å². The highest BCUT2D eigenvalue weighted by molar-refractivity contribution is 5.86. The van der Waals surface area contributed by atoms with Crippen LogP contribution in [0.15, 0.2) is 72.8 Å². The minimum atomic E-state index is -4.45. The van der Waals surface area contributed by atoms with Crippen molar-refractivity contribution in [2.24, 2.45) is 0 Å². The molecule has 0 fully saturated rings. The van der Waals surface area contributed by atoms with E-state index in [4.69, 9.17) is 0 Å². The molecule has 2 heterocycles. The smallest absolute Gasteiger partial charge is 0.275 e.